The van der Waals surface area contributed by atoms with Crippen LogP contribution >= 0.6 is 7.75 Å². The zero-order valence-corrected chi connectivity index (χ0v) is 18.6. The van der Waals surface area contributed by atoms with Crippen LogP contribution in [0.15, 0.2) is 30.3 Å². The van der Waals surface area contributed by atoms with Crippen LogP contribution in [0.2, 0.25) is 0 Å². The fourth-order valence-corrected chi connectivity index (χ4v) is 4.05. The zero-order chi connectivity index (χ0) is 23.4. The first-order valence-electron chi connectivity index (χ1n) is 9.57. The average Bonchev–Trinajstić information content (AvgIpc) is 2.88. The monoisotopic (exact) mass is 467 g/mol. The minimum Gasteiger partial charge on any atom is -0.464 e. The third-order valence-electron chi connectivity index (χ3n) is 4.10. The van der Waals surface area contributed by atoms with E-state index in [9.17, 15) is 23.2 Å². The molecule has 12 heteroatoms. The Morgan fingerprint density at radius 2 is 1.94 bits per heavy atom. The number of esters is 1. The van der Waals surface area contributed by atoms with Crippen molar-refractivity contribution in [1.29, 1.82) is 0 Å². The zero-order valence-electron chi connectivity index (χ0n) is 17.7. The van der Waals surface area contributed by atoms with E-state index in [1.165, 1.54) is 19.1 Å². The van der Waals surface area contributed by atoms with Crippen LogP contribution in [0.25, 0.3) is 0 Å². The molecule has 1 aromatic carbocycles. The Balaban J connectivity index is 2.21. The summed E-state index contributed by atoms with van der Waals surface area (Å²) in [7, 11) is -4.66. The second-order valence-electron chi connectivity index (χ2n) is 8.33. The van der Waals surface area contributed by atoms with Crippen LogP contribution in [0.4, 0.5) is 8.78 Å². The van der Waals surface area contributed by atoms with E-state index in [1.54, 1.807) is 18.2 Å². The van der Waals surface area contributed by atoms with Gasteiger partial charge in [-0.25, -0.2) is 4.57 Å². The number of aliphatic hydroxyl groups excluding tert-OH is 2. The van der Waals surface area contributed by atoms with E-state index < -0.39 is 50.8 Å². The summed E-state index contributed by atoms with van der Waals surface area (Å²) in [4.78, 5) is 12.3. The summed E-state index contributed by atoms with van der Waals surface area (Å²) < 4.78 is 62.2. The minimum atomic E-state index is -4.66. The predicted molar refractivity (Wildman–Crippen MR) is 105 cm³/mol. The molecule has 0 aromatic heterocycles. The molecule has 1 aromatic rings. The summed E-state index contributed by atoms with van der Waals surface area (Å²) in [6.07, 6.45) is -6.54. The van der Waals surface area contributed by atoms with Crippen molar-refractivity contribution in [1.82, 2.24) is 5.09 Å². The number of carbonyl (C=O) groups excluding carboxylic acids is 1. The molecule has 1 unspecified atom stereocenters. The first-order chi connectivity index (χ1) is 14.3. The summed E-state index contributed by atoms with van der Waals surface area (Å²) in [5.74, 6) is -4.79. The Morgan fingerprint density at radius 1 is 1.32 bits per heavy atom. The maximum atomic E-state index is 14.3. The van der Waals surface area contributed by atoms with Gasteiger partial charge in [0.1, 0.15) is 17.9 Å². The Hall–Kier alpha value is -1.62. The number of rotatable bonds is 9. The molecule has 0 amide bonds. The minimum absolute atomic E-state index is 0.00848. The van der Waals surface area contributed by atoms with Crippen molar-refractivity contribution in [2.45, 2.75) is 58.2 Å². The summed E-state index contributed by atoms with van der Waals surface area (Å²) in [5, 5.41) is 21.0. The summed E-state index contributed by atoms with van der Waals surface area (Å²) in [6, 6.07) is 6.29. The van der Waals surface area contributed by atoms with Gasteiger partial charge in [0.25, 0.3) is 0 Å². The molecule has 0 bridgehead atoms. The Bertz CT molecular complexity index is 789. The predicted octanol–water partition coefficient (Wildman–Crippen LogP) is 2.47. The number of hydrogen-bond donors (Lipinski definition) is 3. The number of alkyl halides is 2. The molecular weight excluding hydrogens is 439 g/mol. The quantitative estimate of drug-likeness (QED) is 0.371. The number of para-hydroxylation sites is 1. The van der Waals surface area contributed by atoms with Gasteiger partial charge in [0.05, 0.1) is 13.2 Å². The third-order valence-corrected chi connectivity index (χ3v) is 5.72. The first kappa shape index (κ1) is 25.6. The molecule has 176 valence electrons. The normalized spacial score (nSPS) is 26.1. The summed E-state index contributed by atoms with van der Waals surface area (Å²) in [6.45, 7) is 5.97. The van der Waals surface area contributed by atoms with Crippen molar-refractivity contribution in [3.8, 4) is 5.75 Å². The lowest BCUT2D eigenvalue weighted by atomic mass is 9.99. The standard InChI is InChI=1S/C19H28F2NO8P/c1-12(16(25)27-11-18(2,3)4)22-31(26,29-13-8-6-5-7-9-13)30-17-19(20,21)15(24)14(10-23)28-17/h5-9,12,14-15,17,23-24H,10-11H2,1-4H3,(H,22,26)/t12-,14+,15+,17-,31?/m0/s1. The maximum Gasteiger partial charge on any atom is 0.462 e. The van der Waals surface area contributed by atoms with Crippen molar-refractivity contribution in [3.63, 3.8) is 0 Å². The molecule has 1 aliphatic rings. The van der Waals surface area contributed by atoms with E-state index in [-0.39, 0.29) is 17.8 Å². The molecule has 1 aliphatic heterocycles. The lowest BCUT2D eigenvalue weighted by Gasteiger charge is -2.27. The highest BCUT2D eigenvalue weighted by atomic mass is 31.2. The van der Waals surface area contributed by atoms with Gasteiger partial charge in [-0.15, -0.1) is 0 Å². The summed E-state index contributed by atoms with van der Waals surface area (Å²) in [5.41, 5.74) is -0.328. The van der Waals surface area contributed by atoms with E-state index in [4.69, 9.17) is 23.6 Å². The second-order valence-corrected chi connectivity index (χ2v) is 9.98. The van der Waals surface area contributed by atoms with Crippen molar-refractivity contribution in [2.24, 2.45) is 5.41 Å². The fourth-order valence-electron chi connectivity index (χ4n) is 2.48. The molecule has 1 saturated heterocycles. The smallest absolute Gasteiger partial charge is 0.462 e. The number of halogens is 2. The molecule has 3 N–H and O–H groups in total. The van der Waals surface area contributed by atoms with Crippen LogP contribution in [0.3, 0.4) is 0 Å². The van der Waals surface area contributed by atoms with Gasteiger partial charge >= 0.3 is 19.6 Å². The number of aliphatic hydroxyl groups is 2. The number of carbonyl (C=O) groups is 1. The lowest BCUT2D eigenvalue weighted by Crippen LogP contribution is -2.43. The van der Waals surface area contributed by atoms with Gasteiger partial charge in [0.15, 0.2) is 6.10 Å². The van der Waals surface area contributed by atoms with E-state index >= 15 is 0 Å². The van der Waals surface area contributed by atoms with Crippen LogP contribution in [-0.2, 0) is 23.4 Å². The highest BCUT2D eigenvalue weighted by Gasteiger charge is 2.61. The first-order valence-corrected chi connectivity index (χ1v) is 11.1. The molecule has 2 rings (SSSR count). The molecule has 0 aliphatic carbocycles. The fraction of sp³-hybridized carbons (Fsp3) is 0.632. The number of nitrogens with one attached hydrogen (secondary N) is 1. The molecule has 0 radical (unpaired) electrons. The van der Waals surface area contributed by atoms with Gasteiger partial charge in [0, 0.05) is 0 Å². The molecule has 1 heterocycles. The molecule has 31 heavy (non-hydrogen) atoms. The molecule has 0 spiro atoms. The van der Waals surface area contributed by atoms with Gasteiger partial charge in [-0.1, -0.05) is 39.0 Å². The number of hydrogen-bond acceptors (Lipinski definition) is 8. The molecule has 9 nitrogen and oxygen atoms in total. The molecule has 0 saturated carbocycles. The third kappa shape index (κ3) is 6.93. The number of ether oxygens (including phenoxy) is 2. The van der Waals surface area contributed by atoms with Gasteiger partial charge in [-0.05, 0) is 24.5 Å². The van der Waals surface area contributed by atoms with Gasteiger partial charge in [-0.2, -0.15) is 13.9 Å². The van der Waals surface area contributed by atoms with Gasteiger partial charge in [0.2, 0.25) is 6.29 Å². The Kier molecular flexibility index (Phi) is 8.18. The lowest BCUT2D eigenvalue weighted by molar-refractivity contribution is -0.188. The van der Waals surface area contributed by atoms with Crippen LogP contribution in [0.5, 0.6) is 5.75 Å². The van der Waals surface area contributed by atoms with Crippen molar-refractivity contribution >= 4 is 13.7 Å². The summed E-state index contributed by atoms with van der Waals surface area (Å²) >= 11 is 0. The van der Waals surface area contributed by atoms with Crippen LogP contribution in [0, 0.1) is 5.41 Å². The Morgan fingerprint density at radius 3 is 2.45 bits per heavy atom. The van der Waals surface area contributed by atoms with Gasteiger partial charge < -0.3 is 24.2 Å². The maximum absolute atomic E-state index is 14.3. The van der Waals surface area contributed by atoms with Crippen LogP contribution in [-0.4, -0.2) is 59.9 Å². The highest BCUT2D eigenvalue weighted by molar-refractivity contribution is 7.52. The topological polar surface area (TPSA) is 124 Å². The van der Waals surface area contributed by atoms with E-state index in [1.807, 2.05) is 20.8 Å². The van der Waals surface area contributed by atoms with Crippen LogP contribution < -0.4 is 9.61 Å². The second kappa shape index (κ2) is 9.89. The highest BCUT2D eigenvalue weighted by Crippen LogP contribution is 2.51. The largest absolute Gasteiger partial charge is 0.464 e. The van der Waals surface area contributed by atoms with E-state index in [0.29, 0.717) is 0 Å². The molecular formula is C19H28F2NO8P. The van der Waals surface area contributed by atoms with Crippen molar-refractivity contribution in [3.05, 3.63) is 30.3 Å². The SMILES string of the molecule is C[C@H](NP(=O)(Oc1ccccc1)O[C@@H]1O[C@H](CO)[C@@H](O)C1(F)F)C(=O)OCC(C)(C)C. The molecule has 5 atom stereocenters. The van der Waals surface area contributed by atoms with E-state index in [2.05, 4.69) is 5.09 Å². The van der Waals surface area contributed by atoms with E-state index in [0.717, 1.165) is 0 Å². The van der Waals surface area contributed by atoms with Crippen LogP contribution in [0.1, 0.15) is 27.7 Å². The Labute approximate surface area is 179 Å². The average molecular weight is 467 g/mol. The van der Waals surface area contributed by atoms with Crippen molar-refractivity contribution in [2.75, 3.05) is 13.2 Å². The molecule has 1 fully saturated rings. The van der Waals surface area contributed by atoms with Crippen molar-refractivity contribution < 1.29 is 46.9 Å². The number of benzene rings is 1. The van der Waals surface area contributed by atoms with Gasteiger partial charge in [-0.3, -0.25) is 9.32 Å².